The fourth-order valence-corrected chi connectivity index (χ4v) is 3.82. The summed E-state index contributed by atoms with van der Waals surface area (Å²) in [7, 11) is 8.35. The molecule has 26 heavy (non-hydrogen) atoms. The van der Waals surface area contributed by atoms with Crippen LogP contribution in [0.15, 0.2) is 0 Å². The Kier molecular flexibility index (Phi) is 9.23. The third-order valence-electron chi connectivity index (χ3n) is 5.53. The van der Waals surface area contributed by atoms with E-state index >= 15 is 0 Å². The minimum atomic E-state index is -0.827. The summed E-state index contributed by atoms with van der Waals surface area (Å²) in [5, 5.41) is 10.2. The van der Waals surface area contributed by atoms with Crippen LogP contribution in [-0.4, -0.2) is 130 Å². The molecule has 0 aromatic carbocycles. The number of nitrogens with zero attached hydrogens (tertiary/aromatic N) is 4. The molecule has 0 saturated carbocycles. The topological polar surface area (TPSA) is 51.7 Å². The molecule has 2 aliphatic rings. The van der Waals surface area contributed by atoms with Gasteiger partial charge in [0.05, 0.1) is 6.10 Å². The SMILES string of the molecule is C[C@@H]1C[C@H](N(C)C)[C@@H](OCCCN2CCN(CCN(C)C)CC2)[C@H](O)O1. The van der Waals surface area contributed by atoms with Gasteiger partial charge in [0.2, 0.25) is 0 Å². The van der Waals surface area contributed by atoms with Crippen LogP contribution in [0.4, 0.5) is 0 Å². The predicted octanol–water partition coefficient (Wildman–Crippen LogP) is -0.00170. The van der Waals surface area contributed by atoms with E-state index in [9.17, 15) is 5.11 Å². The van der Waals surface area contributed by atoms with Crippen LogP contribution in [0.1, 0.15) is 19.8 Å². The normalized spacial score (nSPS) is 31.8. The molecule has 4 atom stereocenters. The summed E-state index contributed by atoms with van der Waals surface area (Å²) in [5.41, 5.74) is 0. The second-order valence-electron chi connectivity index (χ2n) is 8.28. The van der Waals surface area contributed by atoms with Crippen LogP contribution in [0.2, 0.25) is 0 Å². The van der Waals surface area contributed by atoms with Crippen LogP contribution in [-0.2, 0) is 9.47 Å². The highest BCUT2D eigenvalue weighted by Crippen LogP contribution is 2.24. The van der Waals surface area contributed by atoms with Crippen molar-refractivity contribution in [1.29, 1.82) is 0 Å². The van der Waals surface area contributed by atoms with E-state index in [4.69, 9.17) is 9.47 Å². The number of hydrogen-bond donors (Lipinski definition) is 1. The lowest BCUT2D eigenvalue weighted by molar-refractivity contribution is -0.243. The van der Waals surface area contributed by atoms with Crippen molar-refractivity contribution in [2.45, 2.75) is 44.3 Å². The summed E-state index contributed by atoms with van der Waals surface area (Å²) in [6, 6.07) is 0.203. The molecule has 0 spiro atoms. The van der Waals surface area contributed by atoms with Crippen molar-refractivity contribution in [3.63, 3.8) is 0 Å². The van der Waals surface area contributed by atoms with Gasteiger partial charge >= 0.3 is 0 Å². The molecule has 7 heteroatoms. The van der Waals surface area contributed by atoms with Crippen LogP contribution >= 0.6 is 0 Å². The lowest BCUT2D eigenvalue weighted by Gasteiger charge is -2.41. The minimum absolute atomic E-state index is 0.0704. The van der Waals surface area contributed by atoms with Gasteiger partial charge in [-0.15, -0.1) is 0 Å². The molecule has 154 valence electrons. The molecule has 2 saturated heterocycles. The zero-order valence-corrected chi connectivity index (χ0v) is 17.4. The average Bonchev–Trinajstić information content (AvgIpc) is 2.58. The van der Waals surface area contributed by atoms with Crippen molar-refractivity contribution in [3.05, 3.63) is 0 Å². The zero-order chi connectivity index (χ0) is 19.1. The van der Waals surface area contributed by atoms with Crippen LogP contribution in [0.5, 0.6) is 0 Å². The monoisotopic (exact) mass is 372 g/mol. The maximum absolute atomic E-state index is 10.2. The maximum atomic E-state index is 10.2. The third-order valence-corrected chi connectivity index (χ3v) is 5.53. The first-order valence-corrected chi connectivity index (χ1v) is 10.1. The number of aliphatic hydroxyl groups excluding tert-OH is 1. The Labute approximate surface area is 159 Å². The fourth-order valence-electron chi connectivity index (χ4n) is 3.82. The largest absolute Gasteiger partial charge is 0.371 e. The summed E-state index contributed by atoms with van der Waals surface area (Å²) >= 11 is 0. The highest BCUT2D eigenvalue weighted by atomic mass is 16.6. The smallest absolute Gasteiger partial charge is 0.182 e. The number of ether oxygens (including phenoxy) is 2. The van der Waals surface area contributed by atoms with Crippen molar-refractivity contribution in [2.24, 2.45) is 0 Å². The van der Waals surface area contributed by atoms with E-state index in [2.05, 4.69) is 33.7 Å². The van der Waals surface area contributed by atoms with E-state index in [0.29, 0.717) is 6.61 Å². The van der Waals surface area contributed by atoms with Crippen molar-refractivity contribution < 1.29 is 14.6 Å². The van der Waals surface area contributed by atoms with Gasteiger partial charge in [-0.2, -0.15) is 0 Å². The van der Waals surface area contributed by atoms with E-state index in [1.54, 1.807) is 0 Å². The molecule has 1 N–H and O–H groups in total. The van der Waals surface area contributed by atoms with Crippen molar-refractivity contribution in [3.8, 4) is 0 Å². The van der Waals surface area contributed by atoms with Gasteiger partial charge in [-0.3, -0.25) is 4.90 Å². The Morgan fingerprint density at radius 3 is 2.23 bits per heavy atom. The second-order valence-corrected chi connectivity index (χ2v) is 8.28. The zero-order valence-electron chi connectivity index (χ0n) is 17.4. The second kappa shape index (κ2) is 10.9. The summed E-state index contributed by atoms with van der Waals surface area (Å²) in [4.78, 5) is 9.45. The number of piperazine rings is 1. The maximum Gasteiger partial charge on any atom is 0.182 e. The number of rotatable bonds is 9. The first-order chi connectivity index (χ1) is 12.4. The highest BCUT2D eigenvalue weighted by Gasteiger charge is 2.38. The average molecular weight is 373 g/mol. The summed E-state index contributed by atoms with van der Waals surface area (Å²) < 4.78 is 11.6. The fraction of sp³-hybridized carbons (Fsp3) is 1.00. The molecule has 0 radical (unpaired) electrons. The van der Waals surface area contributed by atoms with Gasteiger partial charge in [0, 0.05) is 58.5 Å². The van der Waals surface area contributed by atoms with E-state index in [1.807, 2.05) is 21.0 Å². The molecule has 0 bridgehead atoms. The quantitative estimate of drug-likeness (QED) is 0.572. The van der Waals surface area contributed by atoms with Crippen LogP contribution in [0.3, 0.4) is 0 Å². The van der Waals surface area contributed by atoms with Gasteiger partial charge in [0.15, 0.2) is 6.29 Å². The first-order valence-electron chi connectivity index (χ1n) is 10.1. The van der Waals surface area contributed by atoms with Gasteiger partial charge in [-0.25, -0.2) is 0 Å². The van der Waals surface area contributed by atoms with Crippen LogP contribution in [0, 0.1) is 0 Å². The predicted molar refractivity (Wildman–Crippen MR) is 104 cm³/mol. The number of likely N-dealkylation sites (N-methyl/N-ethyl adjacent to an activating group) is 2. The van der Waals surface area contributed by atoms with E-state index < -0.39 is 6.29 Å². The molecule has 0 unspecified atom stereocenters. The molecule has 2 heterocycles. The third kappa shape index (κ3) is 7.03. The molecule has 2 aliphatic heterocycles. The first kappa shape index (κ1) is 22.0. The number of aliphatic hydroxyl groups is 1. The molecular formula is C19H40N4O3. The van der Waals surface area contributed by atoms with E-state index in [-0.39, 0.29) is 18.2 Å². The lowest BCUT2D eigenvalue weighted by atomic mass is 9.99. The minimum Gasteiger partial charge on any atom is -0.371 e. The lowest BCUT2D eigenvalue weighted by Crippen LogP contribution is -2.54. The molecule has 0 aromatic rings. The Balaban J connectivity index is 1.62. The van der Waals surface area contributed by atoms with Gasteiger partial charge in [0.25, 0.3) is 0 Å². The molecule has 2 fully saturated rings. The Morgan fingerprint density at radius 2 is 1.65 bits per heavy atom. The summed E-state index contributed by atoms with van der Waals surface area (Å²) in [6.07, 6.45) is 0.872. The van der Waals surface area contributed by atoms with Gasteiger partial charge in [-0.05, 0) is 48.0 Å². The van der Waals surface area contributed by atoms with E-state index in [1.165, 1.54) is 0 Å². The summed E-state index contributed by atoms with van der Waals surface area (Å²) in [5.74, 6) is 0. The Bertz CT molecular complexity index is 389. The van der Waals surface area contributed by atoms with Gasteiger partial charge in [0.1, 0.15) is 6.10 Å². The molecule has 7 nitrogen and oxygen atoms in total. The highest BCUT2D eigenvalue weighted by molar-refractivity contribution is 4.86. The van der Waals surface area contributed by atoms with Gasteiger partial charge < -0.3 is 29.3 Å². The molecule has 0 amide bonds. The molecular weight excluding hydrogens is 332 g/mol. The van der Waals surface area contributed by atoms with Crippen molar-refractivity contribution in [1.82, 2.24) is 19.6 Å². The standard InChI is InChI=1S/C19H40N4O3/c1-16-15-17(21(4)5)18(19(24)26-16)25-14-6-7-22-10-12-23(13-11-22)9-8-20(2)3/h16-19,24H,6-15H2,1-5H3/t16-,17+,18-,19-/m1/s1. The Morgan fingerprint density at radius 1 is 1.04 bits per heavy atom. The van der Waals surface area contributed by atoms with Crippen molar-refractivity contribution in [2.75, 3.05) is 80.6 Å². The molecule has 0 aromatic heterocycles. The number of hydrogen-bond acceptors (Lipinski definition) is 7. The molecule has 2 rings (SSSR count). The summed E-state index contributed by atoms with van der Waals surface area (Å²) in [6.45, 7) is 10.6. The van der Waals surface area contributed by atoms with Crippen molar-refractivity contribution >= 4 is 0 Å². The van der Waals surface area contributed by atoms with Crippen LogP contribution in [0.25, 0.3) is 0 Å². The van der Waals surface area contributed by atoms with Gasteiger partial charge in [-0.1, -0.05) is 0 Å². The van der Waals surface area contributed by atoms with E-state index in [0.717, 1.165) is 58.7 Å². The Hall–Kier alpha value is -0.280. The molecule has 0 aliphatic carbocycles. The van der Waals surface area contributed by atoms with Crippen LogP contribution < -0.4 is 0 Å².